The molecule has 9 fully saturated rings. The lowest BCUT2D eigenvalue weighted by Gasteiger charge is -2.71. The summed E-state index contributed by atoms with van der Waals surface area (Å²) in [7, 11) is 0. The van der Waals surface area contributed by atoms with Gasteiger partial charge in [0.25, 0.3) is 0 Å². The number of aliphatic hydroxyl groups is 15. The summed E-state index contributed by atoms with van der Waals surface area (Å²) in [5.41, 5.74) is -1.35. The van der Waals surface area contributed by atoms with Crippen molar-refractivity contribution in [2.75, 3.05) is 26.4 Å². The van der Waals surface area contributed by atoms with Gasteiger partial charge in [-0.25, -0.2) is 0 Å². The number of allylic oxidation sites excluding steroid dienone is 2. The van der Waals surface area contributed by atoms with Crippen LogP contribution in [-0.2, 0) is 52.2 Å². The minimum Gasteiger partial charge on any atom is -0.432 e. The normalized spacial score (nSPS) is 54.1. The summed E-state index contributed by atoms with van der Waals surface area (Å²) in [5, 5.41) is 160. The SMILES string of the molecule is C[C@@H]1O[C@@H](O[C@H]2[C@H](O[C@H]3CC[C@]4(C)[C@H]5CC=C6[C@@H]7CC(C)(C)CC[C@]7(C(=O)O[C@@H]7O[C@H](CO[C@@H]8O[C@H](CO)[C@@H](O)[C@H](O)[C@H]8O)[C@@H](O)[C@H](O)[C@H]7O)CC[C@@]6(C)[C@]5(C)CC[C@H]4C3(C)C)OC[C@@H](O[C@@H]3O[C@H](CO)[C@@H](O)[C@H](O)[C@H]3O)[C@@H]2O)[C@H](O)[C@H](O)[C@H]1O. The molecule has 5 aliphatic carbocycles. The Kier molecular flexibility index (Phi) is 19.0. The molecule has 10 rings (SSSR count). The maximum Gasteiger partial charge on any atom is 0.315 e. The highest BCUT2D eigenvalue weighted by atomic mass is 16.8. The molecule has 10 aliphatic rings. The Morgan fingerprint density at radius 3 is 1.74 bits per heavy atom. The highest BCUT2D eigenvalue weighted by Crippen LogP contribution is 2.76. The van der Waals surface area contributed by atoms with E-state index in [2.05, 4.69) is 54.5 Å². The molecular weight excluding hydrogens is 1120 g/mol. The Labute approximate surface area is 494 Å². The Hall–Kier alpha value is -1.75. The van der Waals surface area contributed by atoms with Crippen LogP contribution in [0.1, 0.15) is 120 Å². The zero-order valence-corrected chi connectivity index (χ0v) is 49.8. The van der Waals surface area contributed by atoms with Gasteiger partial charge in [0.05, 0.1) is 44.1 Å². The van der Waals surface area contributed by atoms with Crippen LogP contribution in [0.15, 0.2) is 11.6 Å². The van der Waals surface area contributed by atoms with Crippen molar-refractivity contribution in [2.45, 2.75) is 273 Å². The van der Waals surface area contributed by atoms with E-state index >= 15 is 4.79 Å². The Morgan fingerprint density at radius 2 is 1.11 bits per heavy atom. The van der Waals surface area contributed by atoms with Crippen LogP contribution in [0, 0.1) is 50.2 Å². The summed E-state index contributed by atoms with van der Waals surface area (Å²) in [6, 6.07) is 0. The highest BCUT2D eigenvalue weighted by Gasteiger charge is 2.70. The first-order chi connectivity index (χ1) is 39.8. The van der Waals surface area contributed by atoms with E-state index in [4.69, 9.17) is 47.4 Å². The lowest BCUT2D eigenvalue weighted by Crippen LogP contribution is -2.66. The molecule has 4 saturated carbocycles. The lowest BCUT2D eigenvalue weighted by atomic mass is 9.33. The minimum atomic E-state index is -1.85. The molecule has 0 aromatic rings. The van der Waals surface area contributed by atoms with Gasteiger partial charge < -0.3 is 124 Å². The number of carbonyl (C=O) groups excluding carboxylic acids is 1. The van der Waals surface area contributed by atoms with Gasteiger partial charge in [0.15, 0.2) is 25.2 Å². The fourth-order valence-corrected chi connectivity index (χ4v) is 17.5. The molecule has 0 aromatic heterocycles. The van der Waals surface area contributed by atoms with E-state index in [1.165, 1.54) is 12.5 Å². The highest BCUT2D eigenvalue weighted by molar-refractivity contribution is 5.79. The van der Waals surface area contributed by atoms with Crippen molar-refractivity contribution < 1.29 is 129 Å². The number of ether oxygens (including phenoxy) is 10. The third-order valence-electron chi connectivity index (χ3n) is 23.1. The van der Waals surface area contributed by atoms with Crippen LogP contribution in [-0.4, -0.2) is 263 Å². The first kappa shape index (κ1) is 66.2. The molecule has 0 aromatic carbocycles. The van der Waals surface area contributed by atoms with Gasteiger partial charge in [-0.3, -0.25) is 4.79 Å². The van der Waals surface area contributed by atoms with Gasteiger partial charge in [0.2, 0.25) is 6.29 Å². The smallest absolute Gasteiger partial charge is 0.315 e. The first-order valence-electron chi connectivity index (χ1n) is 30.6. The fourth-order valence-electron chi connectivity index (χ4n) is 17.5. The number of aliphatic hydroxyl groups excluding tert-OH is 15. The molecule has 0 amide bonds. The molecule has 5 heterocycles. The monoisotopic (exact) mass is 1220 g/mol. The van der Waals surface area contributed by atoms with Crippen LogP contribution in [0.4, 0.5) is 0 Å². The van der Waals surface area contributed by atoms with E-state index in [0.29, 0.717) is 38.5 Å². The van der Waals surface area contributed by atoms with Gasteiger partial charge in [-0.2, -0.15) is 0 Å². The molecule has 26 nitrogen and oxygen atoms in total. The lowest BCUT2D eigenvalue weighted by molar-refractivity contribution is -0.380. The van der Waals surface area contributed by atoms with Gasteiger partial charge in [-0.05, 0) is 116 Å². The molecule has 0 radical (unpaired) electrons. The number of hydrogen-bond donors (Lipinski definition) is 15. The van der Waals surface area contributed by atoms with Gasteiger partial charge in [0.1, 0.15) is 110 Å². The van der Waals surface area contributed by atoms with E-state index in [1.54, 1.807) is 0 Å². The third-order valence-corrected chi connectivity index (χ3v) is 23.1. The van der Waals surface area contributed by atoms with Crippen molar-refractivity contribution in [3.8, 4) is 0 Å². The summed E-state index contributed by atoms with van der Waals surface area (Å²) in [4.78, 5) is 15.2. The van der Waals surface area contributed by atoms with Crippen molar-refractivity contribution >= 4 is 5.97 Å². The summed E-state index contributed by atoms with van der Waals surface area (Å²) < 4.78 is 60.2. The number of fused-ring (bicyclic) bond motifs is 7. The van der Waals surface area contributed by atoms with Crippen LogP contribution < -0.4 is 0 Å². The van der Waals surface area contributed by atoms with Crippen molar-refractivity contribution in [1.29, 1.82) is 0 Å². The van der Waals surface area contributed by atoms with Crippen LogP contribution in [0.3, 0.4) is 0 Å². The molecule has 0 unspecified atom stereocenters. The molecule has 26 heteroatoms. The molecular formula is C59H96O26. The van der Waals surface area contributed by atoms with Crippen LogP contribution in [0.5, 0.6) is 0 Å². The molecule has 85 heavy (non-hydrogen) atoms. The summed E-state index contributed by atoms with van der Waals surface area (Å²) in [5.74, 6) is -0.567. The average Bonchev–Trinajstić information content (AvgIpc) is 0.694. The molecule has 15 N–H and O–H groups in total. The van der Waals surface area contributed by atoms with Crippen molar-refractivity contribution in [1.82, 2.24) is 0 Å². The predicted octanol–water partition coefficient (Wildman–Crippen LogP) is -2.54. The standard InChI is InChI=1S/C59H96O26/c1-24-34(62)39(67)44(72)49(78-24)84-47-38(66)30(82-50-45(73)41(69)36(64)28(21-61)80-50)23-77-52(47)83-33-12-13-56(6)31(55(33,4)5)11-14-58(8)32(56)10-9-25-26-19-54(2,3)15-17-59(26,18-16-57(25,58)7)53(75)85-51-46(74)42(70)37(65)29(81-51)22-76-48-43(71)40(68)35(63)27(20-60)79-48/h9,24,26-52,60-74H,10-23H2,1-8H3/t24-,26-,27+,28+,29+,30+,31-,32+,33-,34-,35+,36+,37+,38-,39+,40-,41-,42-,43+,44+,45+,46+,47+,48+,49-,50-,51-,52-,56-,57+,58+,59-/m0/s1. The van der Waals surface area contributed by atoms with Crippen LogP contribution >= 0.6 is 0 Å². The van der Waals surface area contributed by atoms with Gasteiger partial charge in [0, 0.05) is 0 Å². The second kappa shape index (κ2) is 24.4. The van der Waals surface area contributed by atoms with Crippen molar-refractivity contribution in [3.05, 3.63) is 11.6 Å². The quantitative estimate of drug-likeness (QED) is 0.0513. The molecule has 0 bridgehead atoms. The van der Waals surface area contributed by atoms with Gasteiger partial charge >= 0.3 is 5.97 Å². The topological polar surface area (TPSA) is 413 Å². The maximum absolute atomic E-state index is 15.2. The van der Waals surface area contributed by atoms with Gasteiger partial charge in [-0.15, -0.1) is 0 Å². The second-order valence-corrected chi connectivity index (χ2v) is 28.7. The predicted molar refractivity (Wildman–Crippen MR) is 288 cm³/mol. The largest absolute Gasteiger partial charge is 0.432 e. The van der Waals surface area contributed by atoms with Gasteiger partial charge in [-0.1, -0.05) is 60.1 Å². The van der Waals surface area contributed by atoms with Crippen LogP contribution in [0.25, 0.3) is 0 Å². The first-order valence-corrected chi connectivity index (χ1v) is 30.6. The van der Waals surface area contributed by atoms with Crippen molar-refractivity contribution in [3.63, 3.8) is 0 Å². The molecule has 32 atom stereocenters. The summed E-state index contributed by atoms with van der Waals surface area (Å²) in [6.45, 7) is 15.0. The van der Waals surface area contributed by atoms with Crippen LogP contribution in [0.2, 0.25) is 0 Å². The second-order valence-electron chi connectivity index (χ2n) is 28.7. The minimum absolute atomic E-state index is 0.0972. The zero-order chi connectivity index (χ0) is 62.0. The number of rotatable bonds is 13. The van der Waals surface area contributed by atoms with E-state index in [9.17, 15) is 76.6 Å². The fraction of sp³-hybridized carbons (Fsp3) is 0.949. The summed E-state index contributed by atoms with van der Waals surface area (Å²) >= 11 is 0. The summed E-state index contributed by atoms with van der Waals surface area (Å²) in [6.07, 6.45) is -29.5. The number of hydrogen-bond acceptors (Lipinski definition) is 26. The third kappa shape index (κ3) is 11.2. The molecule has 5 saturated heterocycles. The molecule has 5 aliphatic heterocycles. The Bertz CT molecular complexity index is 2360. The van der Waals surface area contributed by atoms with E-state index < -0.39 is 190 Å². The Morgan fingerprint density at radius 1 is 0.553 bits per heavy atom. The molecule has 488 valence electrons. The number of esters is 1. The number of carbonyl (C=O) groups is 1. The van der Waals surface area contributed by atoms with E-state index in [1.807, 2.05) is 0 Å². The van der Waals surface area contributed by atoms with E-state index in [-0.39, 0.29) is 46.0 Å². The molecule has 0 spiro atoms. The average molecular weight is 1220 g/mol. The van der Waals surface area contributed by atoms with Crippen molar-refractivity contribution in [2.24, 2.45) is 50.2 Å². The zero-order valence-electron chi connectivity index (χ0n) is 49.8. The van der Waals surface area contributed by atoms with E-state index in [0.717, 1.165) is 25.7 Å². The maximum atomic E-state index is 15.2. The Balaban J connectivity index is 0.861.